The van der Waals surface area contributed by atoms with E-state index in [2.05, 4.69) is 5.32 Å². The molecule has 2 atom stereocenters. The summed E-state index contributed by atoms with van der Waals surface area (Å²) in [6, 6.07) is 9.88. The average Bonchev–Trinajstić information content (AvgIpc) is 2.70. The van der Waals surface area contributed by atoms with Crippen LogP contribution in [0.2, 0.25) is 5.02 Å². The highest BCUT2D eigenvalue weighted by atomic mass is 35.5. The van der Waals surface area contributed by atoms with E-state index in [9.17, 15) is 18.0 Å². The van der Waals surface area contributed by atoms with Gasteiger partial charge in [-0.25, -0.2) is 0 Å². The zero-order chi connectivity index (χ0) is 22.3. The molecule has 0 amide bonds. The van der Waals surface area contributed by atoms with Crippen LogP contribution in [0.15, 0.2) is 42.5 Å². The number of carbonyl (C=O) groups excluding carboxylic acids is 1. The molecule has 162 valence electrons. The van der Waals surface area contributed by atoms with Gasteiger partial charge in [0.05, 0.1) is 24.7 Å². The Kier molecular flexibility index (Phi) is 8.64. The fraction of sp³-hybridized carbons (Fsp3) is 0.333. The van der Waals surface area contributed by atoms with Crippen LogP contribution in [0.5, 0.6) is 0 Å². The second-order valence-corrected chi connectivity index (χ2v) is 6.97. The molecule has 0 aromatic heterocycles. The minimum Gasteiger partial charge on any atom is -0.466 e. The van der Waals surface area contributed by atoms with Crippen molar-refractivity contribution in [3.63, 3.8) is 0 Å². The van der Waals surface area contributed by atoms with Gasteiger partial charge in [-0.2, -0.15) is 13.2 Å². The molecule has 30 heavy (non-hydrogen) atoms. The van der Waals surface area contributed by atoms with Crippen LogP contribution in [0, 0.1) is 0 Å². The average molecular weight is 460 g/mol. The molecule has 1 N–H and O–H groups in total. The Balaban J connectivity index is 2.59. The summed E-state index contributed by atoms with van der Waals surface area (Å²) >= 11 is 11.1. The maximum atomic E-state index is 13.7. The standard InChI is InChI=1S/C21H21ClF3NO3S/c1-3-28-19(27)11-14(12-30)29-20(16-10-13(22)8-9-18(16)26-2)15-6-4-5-7-17(15)21(23,24)25/h4-10,12,14,20,26H,3,11H2,1-2H3/t14-,20-/m1/s1. The van der Waals surface area contributed by atoms with Gasteiger partial charge in [-0.05, 0) is 36.8 Å². The van der Waals surface area contributed by atoms with Crippen molar-refractivity contribution < 1.29 is 27.4 Å². The highest BCUT2D eigenvalue weighted by Gasteiger charge is 2.37. The monoisotopic (exact) mass is 459 g/mol. The first-order valence-electron chi connectivity index (χ1n) is 9.10. The van der Waals surface area contributed by atoms with E-state index < -0.39 is 29.9 Å². The van der Waals surface area contributed by atoms with E-state index in [1.54, 1.807) is 26.1 Å². The quantitative estimate of drug-likeness (QED) is 0.378. The molecule has 0 heterocycles. The van der Waals surface area contributed by atoms with Crippen molar-refractivity contribution in [2.24, 2.45) is 0 Å². The maximum Gasteiger partial charge on any atom is 0.416 e. The second-order valence-electron chi connectivity index (χ2n) is 6.27. The summed E-state index contributed by atoms with van der Waals surface area (Å²) in [4.78, 5) is 11.9. The molecular formula is C21H21ClF3NO3S. The Labute approximate surface area is 183 Å². The van der Waals surface area contributed by atoms with Crippen LogP contribution in [0.1, 0.15) is 36.1 Å². The third-order valence-corrected chi connectivity index (χ3v) is 4.79. The molecule has 0 saturated heterocycles. The van der Waals surface area contributed by atoms with Crippen LogP contribution >= 0.6 is 23.8 Å². The lowest BCUT2D eigenvalue weighted by Crippen LogP contribution is -2.25. The Hall–Kier alpha value is -2.16. The zero-order valence-electron chi connectivity index (χ0n) is 16.3. The van der Waals surface area contributed by atoms with E-state index in [0.29, 0.717) is 16.3 Å². The van der Waals surface area contributed by atoms with E-state index in [-0.39, 0.29) is 18.6 Å². The van der Waals surface area contributed by atoms with Gasteiger partial charge in [-0.15, -0.1) is 0 Å². The van der Waals surface area contributed by atoms with Gasteiger partial charge in [0, 0.05) is 28.7 Å². The Morgan fingerprint density at radius 1 is 1.23 bits per heavy atom. The fourth-order valence-electron chi connectivity index (χ4n) is 2.96. The normalized spacial score (nSPS) is 13.4. The van der Waals surface area contributed by atoms with E-state index >= 15 is 0 Å². The van der Waals surface area contributed by atoms with Crippen molar-refractivity contribution >= 4 is 40.8 Å². The lowest BCUT2D eigenvalue weighted by atomic mass is 9.94. The molecular weight excluding hydrogens is 439 g/mol. The first kappa shape index (κ1) is 24.1. The number of hydrogen-bond acceptors (Lipinski definition) is 5. The van der Waals surface area contributed by atoms with E-state index in [1.807, 2.05) is 0 Å². The van der Waals surface area contributed by atoms with Gasteiger partial charge in [0.2, 0.25) is 0 Å². The molecule has 0 radical (unpaired) electrons. The van der Waals surface area contributed by atoms with Gasteiger partial charge in [0.15, 0.2) is 0 Å². The van der Waals surface area contributed by atoms with Crippen LogP contribution in [-0.4, -0.2) is 31.1 Å². The summed E-state index contributed by atoms with van der Waals surface area (Å²) in [7, 11) is 1.63. The number of anilines is 1. The van der Waals surface area contributed by atoms with Crippen molar-refractivity contribution in [3.8, 4) is 0 Å². The number of alkyl halides is 3. The second kappa shape index (κ2) is 10.7. The van der Waals surface area contributed by atoms with Crippen molar-refractivity contribution in [1.82, 2.24) is 0 Å². The number of thiocarbonyl (C=S) groups is 1. The summed E-state index contributed by atoms with van der Waals surface area (Å²) in [6.07, 6.45) is -6.97. The van der Waals surface area contributed by atoms with E-state index in [0.717, 1.165) is 6.07 Å². The molecule has 0 fully saturated rings. The molecule has 2 aromatic carbocycles. The molecule has 9 heteroatoms. The zero-order valence-corrected chi connectivity index (χ0v) is 17.9. The highest BCUT2D eigenvalue weighted by molar-refractivity contribution is 7.79. The van der Waals surface area contributed by atoms with E-state index in [1.165, 1.54) is 29.6 Å². The number of halogens is 4. The summed E-state index contributed by atoms with van der Waals surface area (Å²) in [5, 5.41) is 4.46. The third kappa shape index (κ3) is 6.17. The van der Waals surface area contributed by atoms with Gasteiger partial charge in [-0.3, -0.25) is 4.79 Å². The molecule has 0 aliphatic rings. The Morgan fingerprint density at radius 2 is 1.93 bits per heavy atom. The third-order valence-electron chi connectivity index (χ3n) is 4.25. The minimum atomic E-state index is -4.61. The van der Waals surface area contributed by atoms with Gasteiger partial charge < -0.3 is 14.8 Å². The Bertz CT molecular complexity index is 892. The fourth-order valence-corrected chi connectivity index (χ4v) is 3.30. The minimum absolute atomic E-state index is 0.116. The molecule has 0 unspecified atom stereocenters. The van der Waals surface area contributed by atoms with Gasteiger partial charge in [0.1, 0.15) is 6.10 Å². The molecule has 2 rings (SSSR count). The number of rotatable bonds is 9. The number of esters is 1. The maximum absolute atomic E-state index is 13.7. The van der Waals surface area contributed by atoms with Crippen molar-refractivity contribution in [2.45, 2.75) is 31.7 Å². The predicted molar refractivity (Wildman–Crippen MR) is 114 cm³/mol. The van der Waals surface area contributed by atoms with E-state index in [4.69, 9.17) is 33.3 Å². The van der Waals surface area contributed by atoms with Crippen LogP contribution < -0.4 is 5.32 Å². The Morgan fingerprint density at radius 3 is 2.53 bits per heavy atom. The molecule has 0 aliphatic heterocycles. The van der Waals surface area contributed by atoms with Crippen molar-refractivity contribution in [2.75, 3.05) is 19.0 Å². The molecule has 0 saturated carbocycles. The number of nitrogens with one attached hydrogen (secondary N) is 1. The van der Waals surface area contributed by atoms with Crippen LogP contribution in [0.25, 0.3) is 0 Å². The van der Waals surface area contributed by atoms with Gasteiger partial charge >= 0.3 is 12.1 Å². The first-order chi connectivity index (χ1) is 14.2. The molecule has 0 aliphatic carbocycles. The smallest absolute Gasteiger partial charge is 0.416 e. The molecule has 2 aromatic rings. The summed E-state index contributed by atoms with van der Waals surface area (Å²) in [5.74, 6) is -0.564. The van der Waals surface area contributed by atoms with Crippen LogP contribution in [0.3, 0.4) is 0 Å². The van der Waals surface area contributed by atoms with Crippen LogP contribution in [0.4, 0.5) is 18.9 Å². The largest absolute Gasteiger partial charge is 0.466 e. The SMILES string of the molecule is CCOC(=O)C[C@H](C=S)O[C@@H](c1cc(Cl)ccc1NC)c1ccccc1C(F)(F)F. The van der Waals surface area contributed by atoms with Crippen molar-refractivity contribution in [1.29, 1.82) is 0 Å². The molecule has 0 bridgehead atoms. The highest BCUT2D eigenvalue weighted by Crippen LogP contribution is 2.41. The summed E-state index contributed by atoms with van der Waals surface area (Å²) in [6.45, 7) is 1.82. The number of benzene rings is 2. The number of hydrogen-bond donors (Lipinski definition) is 1. The summed E-state index contributed by atoms with van der Waals surface area (Å²) in [5.41, 5.74) is -0.0567. The number of ether oxygens (including phenoxy) is 2. The topological polar surface area (TPSA) is 47.6 Å². The predicted octanol–water partition coefficient (Wildman–Crippen LogP) is 5.83. The van der Waals surface area contributed by atoms with Crippen LogP contribution in [-0.2, 0) is 20.4 Å². The lowest BCUT2D eigenvalue weighted by molar-refractivity contribution is -0.146. The summed E-state index contributed by atoms with van der Waals surface area (Å²) < 4.78 is 52.0. The number of carbonyl (C=O) groups is 1. The lowest BCUT2D eigenvalue weighted by Gasteiger charge is -2.27. The van der Waals surface area contributed by atoms with Crippen molar-refractivity contribution in [3.05, 3.63) is 64.2 Å². The molecule has 4 nitrogen and oxygen atoms in total. The first-order valence-corrected chi connectivity index (χ1v) is 9.95. The molecule has 0 spiro atoms. The van der Waals surface area contributed by atoms with Gasteiger partial charge in [0.25, 0.3) is 0 Å². The van der Waals surface area contributed by atoms with Gasteiger partial charge in [-0.1, -0.05) is 42.0 Å².